The summed E-state index contributed by atoms with van der Waals surface area (Å²) in [6.45, 7) is 0.134. The molecule has 0 radical (unpaired) electrons. The molecular formula is C26H21F3N6O3. The van der Waals surface area contributed by atoms with Gasteiger partial charge in [-0.3, -0.25) is 14.6 Å². The Morgan fingerprint density at radius 1 is 1.16 bits per heavy atom. The van der Waals surface area contributed by atoms with Crippen molar-refractivity contribution in [1.29, 1.82) is 0 Å². The second kappa shape index (κ2) is 7.42. The van der Waals surface area contributed by atoms with Gasteiger partial charge in [-0.1, -0.05) is 12.1 Å². The van der Waals surface area contributed by atoms with Crippen LogP contribution in [-0.4, -0.2) is 42.9 Å². The minimum atomic E-state index is -3.03. The molecule has 38 heavy (non-hydrogen) atoms. The maximum Gasteiger partial charge on any atom is 0.325 e. The molecule has 0 unspecified atom stereocenters. The van der Waals surface area contributed by atoms with E-state index in [0.717, 1.165) is 28.8 Å². The van der Waals surface area contributed by atoms with Gasteiger partial charge in [-0.05, 0) is 54.4 Å². The van der Waals surface area contributed by atoms with Crippen molar-refractivity contribution < 1.29 is 18.0 Å². The number of aromatic amines is 2. The lowest BCUT2D eigenvalue weighted by atomic mass is 9.95. The first-order valence-electron chi connectivity index (χ1n) is 12.3. The van der Waals surface area contributed by atoms with Crippen molar-refractivity contribution in [1.82, 2.24) is 24.6 Å². The Labute approximate surface area is 212 Å². The third-order valence-corrected chi connectivity index (χ3v) is 7.84. The summed E-state index contributed by atoms with van der Waals surface area (Å²) in [6, 6.07) is 7.30. The van der Waals surface area contributed by atoms with E-state index in [1.165, 1.54) is 11.1 Å². The zero-order valence-corrected chi connectivity index (χ0v) is 20.1. The van der Waals surface area contributed by atoms with Crippen LogP contribution in [0.15, 0.2) is 46.2 Å². The highest BCUT2D eigenvalue weighted by molar-refractivity contribution is 6.10. The largest absolute Gasteiger partial charge is 0.325 e. The van der Waals surface area contributed by atoms with E-state index in [1.54, 1.807) is 6.07 Å². The summed E-state index contributed by atoms with van der Waals surface area (Å²) in [4.78, 5) is 46.8. The molecule has 2 atom stereocenters. The highest BCUT2D eigenvalue weighted by Gasteiger charge is 2.60. The van der Waals surface area contributed by atoms with Crippen molar-refractivity contribution in [2.75, 3.05) is 11.4 Å². The monoisotopic (exact) mass is 522 g/mol. The summed E-state index contributed by atoms with van der Waals surface area (Å²) >= 11 is 0. The van der Waals surface area contributed by atoms with Crippen molar-refractivity contribution in [3.05, 3.63) is 80.1 Å². The summed E-state index contributed by atoms with van der Waals surface area (Å²) in [5.41, 5.74) is 1.41. The Balaban J connectivity index is 1.28. The molecule has 2 fully saturated rings. The number of nitrogens with one attached hydrogen (secondary N) is 2. The highest BCUT2D eigenvalue weighted by atomic mass is 19.3. The molecule has 4 heterocycles. The molecule has 1 spiro atoms. The number of rotatable bonds is 5. The predicted molar refractivity (Wildman–Crippen MR) is 130 cm³/mol. The number of benzene rings is 1. The molecule has 1 amide bonds. The van der Waals surface area contributed by atoms with Crippen LogP contribution in [0.4, 0.5) is 18.9 Å². The Hall–Kier alpha value is -4.22. The molecule has 0 bridgehead atoms. The number of anilines is 1. The minimum Gasteiger partial charge on any atom is -0.313 e. The van der Waals surface area contributed by atoms with Crippen LogP contribution in [-0.2, 0) is 10.2 Å². The van der Waals surface area contributed by atoms with Crippen molar-refractivity contribution in [3.63, 3.8) is 0 Å². The fourth-order valence-corrected chi connectivity index (χ4v) is 5.81. The first-order valence-corrected chi connectivity index (χ1v) is 12.3. The van der Waals surface area contributed by atoms with Gasteiger partial charge in [0.05, 0.1) is 29.4 Å². The molecule has 2 N–H and O–H groups in total. The number of hydrogen-bond donors (Lipinski definition) is 2. The molecule has 4 aromatic rings. The second-order valence-electron chi connectivity index (χ2n) is 10.6. The van der Waals surface area contributed by atoms with Gasteiger partial charge in [0, 0.05) is 24.4 Å². The van der Waals surface area contributed by atoms with E-state index < -0.39 is 35.1 Å². The van der Waals surface area contributed by atoms with Crippen LogP contribution >= 0.6 is 0 Å². The van der Waals surface area contributed by atoms with E-state index in [-0.39, 0.29) is 29.0 Å². The summed E-state index contributed by atoms with van der Waals surface area (Å²) < 4.78 is 43.5. The van der Waals surface area contributed by atoms with Crippen molar-refractivity contribution in [2.24, 2.45) is 0 Å². The number of hydrogen-bond acceptors (Lipinski definition) is 5. The zero-order chi connectivity index (χ0) is 26.6. The van der Waals surface area contributed by atoms with Gasteiger partial charge >= 0.3 is 5.69 Å². The number of H-pyrrole nitrogens is 2. The third-order valence-electron chi connectivity index (χ3n) is 7.84. The lowest BCUT2D eigenvalue weighted by molar-refractivity contribution is -0.121. The normalized spacial score (nSPS) is 21.4. The average molecular weight is 522 g/mol. The number of halogens is 3. The van der Waals surface area contributed by atoms with Crippen LogP contribution in [0, 0.1) is 5.95 Å². The molecule has 2 saturated carbocycles. The molecule has 12 heteroatoms. The third kappa shape index (κ3) is 3.35. The van der Waals surface area contributed by atoms with Gasteiger partial charge in [0.15, 0.2) is 5.65 Å². The van der Waals surface area contributed by atoms with Crippen LogP contribution in [0.5, 0.6) is 0 Å². The number of carbonyl (C=O) groups is 1. The Kier molecular flexibility index (Phi) is 4.48. The van der Waals surface area contributed by atoms with Crippen molar-refractivity contribution in [3.8, 4) is 11.3 Å². The van der Waals surface area contributed by atoms with Gasteiger partial charge in [0.2, 0.25) is 11.9 Å². The van der Waals surface area contributed by atoms with E-state index in [0.29, 0.717) is 36.2 Å². The lowest BCUT2D eigenvalue weighted by Crippen LogP contribution is -2.39. The summed E-state index contributed by atoms with van der Waals surface area (Å²) in [5, 5.41) is 4.21. The predicted octanol–water partition coefficient (Wildman–Crippen LogP) is 3.22. The van der Waals surface area contributed by atoms with E-state index in [9.17, 15) is 27.6 Å². The standard InChI is InChI=1S/C26H21F3N6O3/c1-25(28,29)11-34-19-6-12(2-3-17(19)26(4-5-26)23(34)37)13-7-14(13)15-8-18(16-9-31-24(38)32-22(16)36)33-35-20(27)10-30-21(15)35/h2-3,6,8-10,13-14H,4-5,7,11H2,1H3,(H2,31,32,36,38)/t13-,14+/m1/s1. The van der Waals surface area contributed by atoms with Crippen LogP contribution in [0.1, 0.15) is 54.7 Å². The lowest BCUT2D eigenvalue weighted by Gasteiger charge is -2.22. The molecule has 3 aromatic heterocycles. The number of nitrogens with zero attached hydrogens (tertiary/aromatic N) is 4. The number of alkyl halides is 2. The van der Waals surface area contributed by atoms with Crippen LogP contribution in [0.25, 0.3) is 16.9 Å². The van der Waals surface area contributed by atoms with E-state index >= 15 is 0 Å². The maximum atomic E-state index is 14.5. The number of fused-ring (bicyclic) bond motifs is 3. The first-order chi connectivity index (χ1) is 18.1. The summed E-state index contributed by atoms with van der Waals surface area (Å²) in [6.07, 6.45) is 4.26. The van der Waals surface area contributed by atoms with Gasteiger partial charge in [-0.2, -0.15) is 14.0 Å². The number of aromatic nitrogens is 5. The minimum absolute atomic E-state index is 0.0252. The Morgan fingerprint density at radius 2 is 1.95 bits per heavy atom. The number of amides is 1. The van der Waals surface area contributed by atoms with E-state index in [1.807, 2.05) is 18.2 Å². The first kappa shape index (κ1) is 22.9. The zero-order valence-electron chi connectivity index (χ0n) is 20.1. The van der Waals surface area contributed by atoms with Gasteiger partial charge in [-0.25, -0.2) is 18.6 Å². The molecule has 194 valence electrons. The summed E-state index contributed by atoms with van der Waals surface area (Å²) in [7, 11) is 0. The SMILES string of the molecule is CC(F)(F)CN1C(=O)C2(CC2)c2ccc([C@H]3C[C@@H]3c3cc(-c4c[nH]c(=O)[nH]c4=O)nn4c(F)cnc34)cc21. The molecule has 0 saturated heterocycles. The number of carbonyl (C=O) groups excluding carboxylic acids is 1. The molecule has 1 aromatic carbocycles. The highest BCUT2D eigenvalue weighted by Crippen LogP contribution is 2.60. The van der Waals surface area contributed by atoms with Gasteiger partial charge in [0.1, 0.15) is 0 Å². The fraction of sp³-hybridized carbons (Fsp3) is 0.346. The fourth-order valence-electron chi connectivity index (χ4n) is 5.81. The van der Waals surface area contributed by atoms with Crippen LogP contribution < -0.4 is 16.1 Å². The topological polar surface area (TPSA) is 116 Å². The summed E-state index contributed by atoms with van der Waals surface area (Å²) in [5.74, 6) is -4.13. The molecule has 3 aliphatic rings. The molecule has 7 rings (SSSR count). The Morgan fingerprint density at radius 3 is 2.66 bits per heavy atom. The van der Waals surface area contributed by atoms with Crippen LogP contribution in [0.3, 0.4) is 0 Å². The van der Waals surface area contributed by atoms with Gasteiger partial charge < -0.3 is 9.88 Å². The van der Waals surface area contributed by atoms with Gasteiger partial charge in [-0.15, -0.1) is 0 Å². The Bertz CT molecular complexity index is 1780. The second-order valence-corrected chi connectivity index (χ2v) is 10.6. The quantitative estimate of drug-likeness (QED) is 0.418. The van der Waals surface area contributed by atoms with E-state index in [2.05, 4.69) is 20.1 Å². The molecule has 1 aliphatic heterocycles. The van der Waals surface area contributed by atoms with Crippen molar-refractivity contribution >= 4 is 17.2 Å². The molecule has 2 aliphatic carbocycles. The average Bonchev–Trinajstić information content (AvgIpc) is 3.77. The van der Waals surface area contributed by atoms with E-state index in [4.69, 9.17) is 0 Å². The number of imidazole rings is 1. The smallest absolute Gasteiger partial charge is 0.313 e. The van der Waals surface area contributed by atoms with Crippen molar-refractivity contribution in [2.45, 2.75) is 49.4 Å². The van der Waals surface area contributed by atoms with Crippen LogP contribution in [0.2, 0.25) is 0 Å². The van der Waals surface area contributed by atoms with Gasteiger partial charge in [0.25, 0.3) is 11.5 Å². The maximum absolute atomic E-state index is 14.5. The molecule has 9 nitrogen and oxygen atoms in total. The molecular weight excluding hydrogens is 501 g/mol.